The van der Waals surface area contributed by atoms with Crippen LogP contribution < -0.4 is 0 Å². The average Bonchev–Trinajstić information content (AvgIpc) is 2.05. The first-order chi connectivity index (χ1) is 5.17. The number of esters is 1. The van der Waals surface area contributed by atoms with Gasteiger partial charge in [0.15, 0.2) is 0 Å². The molecule has 0 bridgehead atoms. The summed E-state index contributed by atoms with van der Waals surface area (Å²) >= 11 is 0. The van der Waals surface area contributed by atoms with E-state index in [4.69, 9.17) is 6.57 Å². The van der Waals surface area contributed by atoms with Gasteiger partial charge >= 0.3 is 12.0 Å². The van der Waals surface area contributed by atoms with Gasteiger partial charge in [0, 0.05) is 5.92 Å². The summed E-state index contributed by atoms with van der Waals surface area (Å²) in [6.07, 6.45) is 0.822. The summed E-state index contributed by atoms with van der Waals surface area (Å²) in [5.74, 6) is -0.339. The third-order valence-corrected chi connectivity index (χ3v) is 1.76. The molecule has 2 unspecified atom stereocenters. The Morgan fingerprint density at radius 2 is 2.27 bits per heavy atom. The van der Waals surface area contributed by atoms with Crippen molar-refractivity contribution in [1.82, 2.24) is 0 Å². The van der Waals surface area contributed by atoms with Crippen LogP contribution in [-0.4, -0.2) is 19.1 Å². The molecule has 0 aromatic rings. The topological polar surface area (TPSA) is 30.7 Å². The minimum absolute atomic E-state index is 0.0833. The van der Waals surface area contributed by atoms with Crippen LogP contribution >= 0.6 is 0 Å². The molecule has 0 fully saturated rings. The van der Waals surface area contributed by atoms with E-state index >= 15 is 0 Å². The van der Waals surface area contributed by atoms with Crippen LogP contribution in [-0.2, 0) is 9.53 Å². The molecule has 0 heterocycles. The second kappa shape index (κ2) is 4.73. The summed E-state index contributed by atoms with van der Waals surface area (Å²) in [5.41, 5.74) is 0. The van der Waals surface area contributed by atoms with Crippen molar-refractivity contribution in [1.29, 1.82) is 0 Å². The Balaban J connectivity index is 4.18. The van der Waals surface area contributed by atoms with E-state index in [2.05, 4.69) is 9.58 Å². The molecule has 11 heavy (non-hydrogen) atoms. The molecule has 0 spiro atoms. The molecule has 0 radical (unpaired) electrons. The zero-order valence-electron chi connectivity index (χ0n) is 7.13. The van der Waals surface area contributed by atoms with Crippen molar-refractivity contribution in [3.63, 3.8) is 0 Å². The van der Waals surface area contributed by atoms with Gasteiger partial charge in [0.1, 0.15) is 0 Å². The summed E-state index contributed by atoms with van der Waals surface area (Å²) < 4.78 is 4.47. The maximum atomic E-state index is 10.9. The number of methoxy groups -OCH3 is 1. The van der Waals surface area contributed by atoms with Crippen LogP contribution in [0.3, 0.4) is 0 Å². The van der Waals surface area contributed by atoms with Gasteiger partial charge in [0.2, 0.25) is 0 Å². The first-order valence-electron chi connectivity index (χ1n) is 3.61. The van der Waals surface area contributed by atoms with E-state index in [1.54, 1.807) is 0 Å². The van der Waals surface area contributed by atoms with Gasteiger partial charge in [-0.15, -0.1) is 0 Å². The fourth-order valence-electron chi connectivity index (χ4n) is 0.756. The minimum Gasteiger partial charge on any atom is -0.463 e. The molecule has 2 atom stereocenters. The number of hydrogen-bond donors (Lipinski definition) is 0. The van der Waals surface area contributed by atoms with E-state index in [9.17, 15) is 4.79 Å². The molecule has 0 saturated carbocycles. The van der Waals surface area contributed by atoms with Gasteiger partial charge in [-0.1, -0.05) is 13.8 Å². The second-order valence-electron chi connectivity index (χ2n) is 2.48. The van der Waals surface area contributed by atoms with Crippen LogP contribution in [0.1, 0.15) is 20.3 Å². The van der Waals surface area contributed by atoms with Crippen LogP contribution in [0.2, 0.25) is 0 Å². The highest BCUT2D eigenvalue weighted by Gasteiger charge is 2.29. The summed E-state index contributed by atoms with van der Waals surface area (Å²) in [4.78, 5) is 14.1. The normalized spacial score (nSPS) is 14.7. The lowest BCUT2D eigenvalue weighted by molar-refractivity contribution is -0.142. The molecule has 62 valence electrons. The molecule has 0 rings (SSSR count). The Bertz CT molecular complexity index is 171. The van der Waals surface area contributed by atoms with Crippen LogP contribution in [0, 0.1) is 12.5 Å². The fourth-order valence-corrected chi connectivity index (χ4v) is 0.756. The van der Waals surface area contributed by atoms with Crippen LogP contribution in [0.5, 0.6) is 0 Å². The van der Waals surface area contributed by atoms with Gasteiger partial charge in [-0.2, -0.15) is 0 Å². The van der Waals surface area contributed by atoms with E-state index in [0.717, 1.165) is 6.42 Å². The van der Waals surface area contributed by atoms with Gasteiger partial charge in [0.05, 0.1) is 7.11 Å². The Morgan fingerprint density at radius 3 is 2.55 bits per heavy atom. The smallest absolute Gasteiger partial charge is 0.390 e. The number of rotatable bonds is 3. The molecular weight excluding hydrogens is 142 g/mol. The van der Waals surface area contributed by atoms with E-state index in [-0.39, 0.29) is 5.92 Å². The van der Waals surface area contributed by atoms with Crippen molar-refractivity contribution in [3.8, 4) is 0 Å². The number of ether oxygens (including phenoxy) is 1. The summed E-state index contributed by atoms with van der Waals surface area (Å²) in [6, 6.07) is -0.620. The van der Waals surface area contributed by atoms with Crippen LogP contribution in [0.15, 0.2) is 0 Å². The lowest BCUT2D eigenvalue weighted by Crippen LogP contribution is -2.25. The third-order valence-electron chi connectivity index (χ3n) is 1.76. The average molecular weight is 155 g/mol. The zero-order valence-corrected chi connectivity index (χ0v) is 7.13. The van der Waals surface area contributed by atoms with Gasteiger partial charge < -0.3 is 9.58 Å². The highest BCUT2D eigenvalue weighted by molar-refractivity contribution is 5.77. The van der Waals surface area contributed by atoms with E-state index in [0.29, 0.717) is 0 Å². The Labute approximate surface area is 67.2 Å². The molecule has 0 aliphatic heterocycles. The van der Waals surface area contributed by atoms with Gasteiger partial charge in [-0.3, -0.25) is 0 Å². The molecule has 0 amide bonds. The molecule has 3 heteroatoms. The molecule has 0 aromatic carbocycles. The van der Waals surface area contributed by atoms with Crippen molar-refractivity contribution in [3.05, 3.63) is 11.4 Å². The number of hydrogen-bond acceptors (Lipinski definition) is 2. The van der Waals surface area contributed by atoms with E-state index in [1.807, 2.05) is 13.8 Å². The van der Waals surface area contributed by atoms with Crippen molar-refractivity contribution >= 4 is 5.97 Å². The summed E-state index contributed by atoms with van der Waals surface area (Å²) in [7, 11) is 1.31. The highest BCUT2D eigenvalue weighted by Crippen LogP contribution is 2.12. The van der Waals surface area contributed by atoms with Gasteiger partial charge in [0.25, 0.3) is 0 Å². The Morgan fingerprint density at radius 1 is 1.73 bits per heavy atom. The van der Waals surface area contributed by atoms with E-state index < -0.39 is 12.0 Å². The van der Waals surface area contributed by atoms with Gasteiger partial charge in [-0.05, 0) is 6.42 Å². The maximum absolute atomic E-state index is 10.9. The standard InChI is InChI=1S/C8H13NO2/c1-5-6(2)7(9-3)8(10)11-4/h6-7H,5H2,1-2,4H3. The van der Waals surface area contributed by atoms with Crippen LogP contribution in [0.4, 0.5) is 0 Å². The van der Waals surface area contributed by atoms with E-state index in [1.165, 1.54) is 7.11 Å². The SMILES string of the molecule is [C-]#[N+]C(C(=O)OC)C(C)CC. The Kier molecular flexibility index (Phi) is 4.28. The van der Waals surface area contributed by atoms with Crippen LogP contribution in [0.25, 0.3) is 4.85 Å². The lowest BCUT2D eigenvalue weighted by Gasteiger charge is -2.08. The summed E-state index contributed by atoms with van der Waals surface area (Å²) in [5, 5.41) is 0. The summed E-state index contributed by atoms with van der Waals surface area (Å²) in [6.45, 7) is 10.6. The fraction of sp³-hybridized carbons (Fsp3) is 0.750. The molecule has 0 aliphatic carbocycles. The predicted molar refractivity (Wildman–Crippen MR) is 41.9 cm³/mol. The first kappa shape index (κ1) is 9.96. The molecule has 0 saturated heterocycles. The maximum Gasteiger partial charge on any atom is 0.390 e. The molecule has 0 aromatic heterocycles. The first-order valence-corrected chi connectivity index (χ1v) is 3.61. The van der Waals surface area contributed by atoms with Crippen molar-refractivity contribution in [2.45, 2.75) is 26.3 Å². The lowest BCUT2D eigenvalue weighted by atomic mass is 10.0. The third kappa shape index (κ3) is 2.58. The molecule has 0 aliphatic rings. The second-order valence-corrected chi connectivity index (χ2v) is 2.48. The predicted octanol–water partition coefficient (Wildman–Crippen LogP) is 1.49. The highest BCUT2D eigenvalue weighted by atomic mass is 16.5. The quantitative estimate of drug-likeness (QED) is 0.456. The van der Waals surface area contributed by atoms with Gasteiger partial charge in [-0.25, -0.2) is 11.4 Å². The number of nitrogens with zero attached hydrogens (tertiary/aromatic N) is 1. The molecular formula is C8H13NO2. The largest absolute Gasteiger partial charge is 0.463 e. The number of carbonyl (C=O) groups is 1. The zero-order chi connectivity index (χ0) is 8.85. The molecule has 0 N–H and O–H groups in total. The van der Waals surface area contributed by atoms with Crippen molar-refractivity contribution in [2.75, 3.05) is 7.11 Å². The van der Waals surface area contributed by atoms with Crippen molar-refractivity contribution in [2.24, 2.45) is 5.92 Å². The van der Waals surface area contributed by atoms with Crippen molar-refractivity contribution < 1.29 is 9.53 Å². The molecule has 3 nitrogen and oxygen atoms in total. The monoisotopic (exact) mass is 155 g/mol. The Hall–Kier alpha value is -1.04. The number of carbonyl (C=O) groups excluding carboxylic acids is 1. The minimum atomic E-state index is -0.620.